The van der Waals surface area contributed by atoms with Crippen LogP contribution in [0.1, 0.15) is 20.9 Å². The average Bonchev–Trinajstić information content (AvgIpc) is 3.08. The van der Waals surface area contributed by atoms with E-state index in [1.54, 1.807) is 67.8 Å². The van der Waals surface area contributed by atoms with Crippen LogP contribution in [0.3, 0.4) is 0 Å². The fourth-order valence-electron chi connectivity index (χ4n) is 2.27. The van der Waals surface area contributed by atoms with Gasteiger partial charge in [-0.25, -0.2) is 0 Å². The van der Waals surface area contributed by atoms with E-state index in [0.29, 0.717) is 27.4 Å². The molecule has 0 fully saturated rings. The van der Waals surface area contributed by atoms with E-state index in [1.807, 2.05) is 0 Å². The summed E-state index contributed by atoms with van der Waals surface area (Å²) in [6.07, 6.45) is 0. The summed E-state index contributed by atoms with van der Waals surface area (Å²) in [6.45, 7) is 0. The molecule has 0 bridgehead atoms. The molecule has 0 atom stereocenters. The van der Waals surface area contributed by atoms with Crippen LogP contribution in [0, 0.1) is 0 Å². The van der Waals surface area contributed by atoms with E-state index in [1.165, 1.54) is 0 Å². The Morgan fingerprint density at radius 3 is 2.31 bits per heavy atom. The second-order valence-corrected chi connectivity index (χ2v) is 6.11. The van der Waals surface area contributed by atoms with E-state index in [0.717, 1.165) is 0 Å². The summed E-state index contributed by atoms with van der Waals surface area (Å²) >= 11 is 3.15. The second-order valence-electron chi connectivity index (χ2n) is 5.32. The minimum absolute atomic E-state index is 0.170. The summed E-state index contributed by atoms with van der Waals surface area (Å²) in [6, 6.07) is 16.9. The SMILES string of the molecule is COc1cccc(NC(=O)c2cccc(NC(=O)c3ccc(Br)o3)c2)c1. The number of amides is 2. The summed E-state index contributed by atoms with van der Waals surface area (Å²) < 4.78 is 10.8. The topological polar surface area (TPSA) is 80.6 Å². The van der Waals surface area contributed by atoms with Crippen molar-refractivity contribution in [1.82, 2.24) is 0 Å². The largest absolute Gasteiger partial charge is 0.497 e. The Bertz CT molecular complexity index is 952. The first-order valence-electron chi connectivity index (χ1n) is 7.67. The summed E-state index contributed by atoms with van der Waals surface area (Å²) in [5, 5.41) is 5.49. The highest BCUT2D eigenvalue weighted by molar-refractivity contribution is 9.10. The molecule has 0 aliphatic rings. The number of benzene rings is 2. The van der Waals surface area contributed by atoms with Gasteiger partial charge in [0.15, 0.2) is 10.4 Å². The maximum Gasteiger partial charge on any atom is 0.291 e. The molecule has 6 nitrogen and oxygen atoms in total. The number of halogens is 1. The van der Waals surface area contributed by atoms with E-state index < -0.39 is 5.91 Å². The quantitative estimate of drug-likeness (QED) is 0.641. The molecule has 0 radical (unpaired) electrons. The van der Waals surface area contributed by atoms with Crippen molar-refractivity contribution >= 4 is 39.1 Å². The Labute approximate surface area is 158 Å². The number of rotatable bonds is 5. The van der Waals surface area contributed by atoms with Crippen molar-refractivity contribution in [3.63, 3.8) is 0 Å². The van der Waals surface area contributed by atoms with E-state index in [9.17, 15) is 9.59 Å². The monoisotopic (exact) mass is 414 g/mol. The van der Waals surface area contributed by atoms with Gasteiger partial charge in [-0.3, -0.25) is 9.59 Å². The first-order chi connectivity index (χ1) is 12.5. The van der Waals surface area contributed by atoms with Crippen LogP contribution in [0.2, 0.25) is 0 Å². The predicted octanol–water partition coefficient (Wildman–Crippen LogP) is 4.56. The van der Waals surface area contributed by atoms with Crippen LogP contribution in [0.25, 0.3) is 0 Å². The molecule has 0 aliphatic carbocycles. The molecule has 0 aliphatic heterocycles. The fourth-order valence-corrected chi connectivity index (χ4v) is 2.58. The average molecular weight is 415 g/mol. The van der Waals surface area contributed by atoms with Crippen molar-refractivity contribution in [3.8, 4) is 5.75 Å². The summed E-state index contributed by atoms with van der Waals surface area (Å²) in [4.78, 5) is 24.6. The Kier molecular flexibility index (Phi) is 5.38. The molecule has 2 N–H and O–H groups in total. The molecule has 1 heterocycles. The molecule has 26 heavy (non-hydrogen) atoms. The van der Waals surface area contributed by atoms with Crippen LogP contribution in [-0.4, -0.2) is 18.9 Å². The lowest BCUT2D eigenvalue weighted by Gasteiger charge is -2.09. The third kappa shape index (κ3) is 4.31. The number of hydrogen-bond acceptors (Lipinski definition) is 4. The highest BCUT2D eigenvalue weighted by atomic mass is 79.9. The van der Waals surface area contributed by atoms with Gasteiger partial charge in [0.1, 0.15) is 5.75 Å². The molecule has 3 rings (SSSR count). The zero-order valence-corrected chi connectivity index (χ0v) is 15.4. The number of methoxy groups -OCH3 is 1. The van der Waals surface area contributed by atoms with Crippen LogP contribution in [0.15, 0.2) is 69.8 Å². The van der Waals surface area contributed by atoms with E-state index >= 15 is 0 Å². The maximum atomic E-state index is 12.4. The molecular formula is C19H15BrN2O4. The van der Waals surface area contributed by atoms with Gasteiger partial charge in [-0.1, -0.05) is 12.1 Å². The molecule has 1 aromatic heterocycles. The van der Waals surface area contributed by atoms with Crippen molar-refractivity contribution < 1.29 is 18.7 Å². The van der Waals surface area contributed by atoms with Gasteiger partial charge in [-0.05, 0) is 58.4 Å². The Balaban J connectivity index is 1.71. The van der Waals surface area contributed by atoms with Gasteiger partial charge >= 0.3 is 0 Å². The molecule has 0 unspecified atom stereocenters. The Morgan fingerprint density at radius 2 is 1.62 bits per heavy atom. The smallest absolute Gasteiger partial charge is 0.291 e. The number of nitrogens with one attached hydrogen (secondary N) is 2. The first-order valence-corrected chi connectivity index (χ1v) is 8.46. The normalized spacial score (nSPS) is 10.2. The summed E-state index contributed by atoms with van der Waals surface area (Å²) in [7, 11) is 1.56. The third-order valence-electron chi connectivity index (χ3n) is 3.51. The van der Waals surface area contributed by atoms with Crippen molar-refractivity contribution in [2.75, 3.05) is 17.7 Å². The Morgan fingerprint density at radius 1 is 0.923 bits per heavy atom. The fraction of sp³-hybridized carbons (Fsp3) is 0.0526. The van der Waals surface area contributed by atoms with Crippen LogP contribution in [0.4, 0.5) is 11.4 Å². The molecule has 0 saturated heterocycles. The summed E-state index contributed by atoms with van der Waals surface area (Å²) in [5.74, 6) is 0.118. The van der Waals surface area contributed by atoms with Crippen molar-refractivity contribution in [2.24, 2.45) is 0 Å². The highest BCUT2D eigenvalue weighted by Crippen LogP contribution is 2.19. The third-order valence-corrected chi connectivity index (χ3v) is 3.93. The second kappa shape index (κ2) is 7.88. The van der Waals surface area contributed by atoms with Crippen LogP contribution >= 0.6 is 15.9 Å². The number of hydrogen-bond donors (Lipinski definition) is 2. The van der Waals surface area contributed by atoms with Gasteiger partial charge in [-0.2, -0.15) is 0 Å². The lowest BCUT2D eigenvalue weighted by molar-refractivity contribution is 0.0992. The van der Waals surface area contributed by atoms with Crippen LogP contribution in [-0.2, 0) is 0 Å². The predicted molar refractivity (Wildman–Crippen MR) is 102 cm³/mol. The molecule has 132 valence electrons. The van der Waals surface area contributed by atoms with Crippen molar-refractivity contribution in [1.29, 1.82) is 0 Å². The van der Waals surface area contributed by atoms with Crippen molar-refractivity contribution in [3.05, 3.63) is 76.7 Å². The molecule has 2 aromatic carbocycles. The molecule has 0 spiro atoms. The maximum absolute atomic E-state index is 12.4. The number of carbonyl (C=O) groups excluding carboxylic acids is 2. The molecule has 0 saturated carbocycles. The minimum Gasteiger partial charge on any atom is -0.497 e. The zero-order valence-electron chi connectivity index (χ0n) is 13.8. The minimum atomic E-state index is -0.402. The Hall–Kier alpha value is -3.06. The standard InChI is InChI=1S/C19H15BrN2O4/c1-25-15-7-3-6-14(11-15)21-18(23)12-4-2-5-13(10-12)22-19(24)16-8-9-17(20)26-16/h2-11H,1H3,(H,21,23)(H,22,24). The van der Waals surface area contributed by atoms with Crippen LogP contribution in [0.5, 0.6) is 5.75 Å². The molecule has 7 heteroatoms. The van der Waals surface area contributed by atoms with Crippen LogP contribution < -0.4 is 15.4 Å². The molecular weight excluding hydrogens is 400 g/mol. The van der Waals surface area contributed by atoms with Gasteiger partial charge in [0.05, 0.1) is 7.11 Å². The van der Waals surface area contributed by atoms with E-state index in [4.69, 9.17) is 9.15 Å². The van der Waals surface area contributed by atoms with Gasteiger partial charge in [0, 0.05) is 23.0 Å². The van der Waals surface area contributed by atoms with Gasteiger partial charge in [0.25, 0.3) is 11.8 Å². The first kappa shape index (κ1) is 17.8. The van der Waals surface area contributed by atoms with Gasteiger partial charge in [0.2, 0.25) is 0 Å². The van der Waals surface area contributed by atoms with E-state index in [-0.39, 0.29) is 11.7 Å². The highest BCUT2D eigenvalue weighted by Gasteiger charge is 2.12. The number of ether oxygens (including phenoxy) is 1. The number of anilines is 2. The molecule has 3 aromatic rings. The zero-order chi connectivity index (χ0) is 18.5. The molecule has 2 amide bonds. The van der Waals surface area contributed by atoms with Gasteiger partial charge < -0.3 is 19.8 Å². The van der Waals surface area contributed by atoms with E-state index in [2.05, 4.69) is 26.6 Å². The van der Waals surface area contributed by atoms with Gasteiger partial charge in [-0.15, -0.1) is 0 Å². The number of furan rings is 1. The lowest BCUT2D eigenvalue weighted by atomic mass is 10.1. The van der Waals surface area contributed by atoms with Crippen molar-refractivity contribution in [2.45, 2.75) is 0 Å². The number of carbonyl (C=O) groups is 2. The summed E-state index contributed by atoms with van der Waals surface area (Å²) in [5.41, 5.74) is 1.51. The lowest BCUT2D eigenvalue weighted by Crippen LogP contribution is -2.14.